The summed E-state index contributed by atoms with van der Waals surface area (Å²) >= 11 is 0. The van der Waals surface area contributed by atoms with E-state index >= 15 is 0 Å². The maximum absolute atomic E-state index is 11.6. The maximum atomic E-state index is 11.6. The highest BCUT2D eigenvalue weighted by Crippen LogP contribution is 2.07. The van der Waals surface area contributed by atoms with Gasteiger partial charge in [0.05, 0.1) is 24.3 Å². The summed E-state index contributed by atoms with van der Waals surface area (Å²) in [4.78, 5) is 18.8. The van der Waals surface area contributed by atoms with Gasteiger partial charge in [0.15, 0.2) is 0 Å². The highest BCUT2D eigenvalue weighted by atomic mass is 16.1. The van der Waals surface area contributed by atoms with Gasteiger partial charge in [-0.15, -0.1) is 0 Å². The van der Waals surface area contributed by atoms with Crippen molar-refractivity contribution in [2.45, 2.75) is 33.4 Å². The second-order valence-corrected chi connectivity index (χ2v) is 4.28. The summed E-state index contributed by atoms with van der Waals surface area (Å²) in [5.41, 5.74) is 3.02. The molecule has 2 heterocycles. The smallest absolute Gasteiger partial charge is 0.250 e. The zero-order chi connectivity index (χ0) is 13.0. The van der Waals surface area contributed by atoms with E-state index in [1.165, 1.54) is 0 Å². The van der Waals surface area contributed by atoms with Crippen LogP contribution in [0.15, 0.2) is 29.5 Å². The number of nitrogens with one attached hydrogen (secondary N) is 2. The monoisotopic (exact) mass is 246 g/mol. The summed E-state index contributed by atoms with van der Waals surface area (Å²) in [6, 6.07) is 3.39. The van der Waals surface area contributed by atoms with Gasteiger partial charge >= 0.3 is 0 Å². The lowest BCUT2D eigenvalue weighted by atomic mass is 10.3. The molecule has 2 aromatic rings. The number of hydrogen-bond acceptors (Lipinski definition) is 3. The quantitative estimate of drug-likeness (QED) is 0.847. The normalized spacial score (nSPS) is 10.6. The fourth-order valence-corrected chi connectivity index (χ4v) is 1.80. The Bertz CT molecular complexity index is 570. The van der Waals surface area contributed by atoms with Crippen LogP contribution in [0, 0.1) is 6.92 Å². The van der Waals surface area contributed by atoms with Gasteiger partial charge in [-0.05, 0) is 19.4 Å². The van der Waals surface area contributed by atoms with Gasteiger partial charge < -0.3 is 14.9 Å². The molecule has 0 atom stereocenters. The Kier molecular flexibility index (Phi) is 3.82. The van der Waals surface area contributed by atoms with Crippen molar-refractivity contribution in [1.29, 1.82) is 0 Å². The van der Waals surface area contributed by atoms with Crippen LogP contribution in [0.5, 0.6) is 0 Å². The van der Waals surface area contributed by atoms with Gasteiger partial charge in [0.25, 0.3) is 5.56 Å². The number of H-pyrrole nitrogens is 1. The molecule has 0 saturated carbocycles. The lowest BCUT2D eigenvalue weighted by Gasteiger charge is -2.09. The van der Waals surface area contributed by atoms with Gasteiger partial charge in [0.1, 0.15) is 0 Å². The largest absolute Gasteiger partial charge is 0.378 e. The summed E-state index contributed by atoms with van der Waals surface area (Å²) in [6.07, 6.45) is 4.49. The first-order valence-electron chi connectivity index (χ1n) is 6.14. The van der Waals surface area contributed by atoms with E-state index in [1.807, 2.05) is 13.1 Å². The molecular formula is C13H18N4O. The third-order valence-corrected chi connectivity index (χ3v) is 2.84. The molecule has 5 heteroatoms. The first-order chi connectivity index (χ1) is 8.70. The van der Waals surface area contributed by atoms with Gasteiger partial charge in [0, 0.05) is 24.5 Å². The Hall–Kier alpha value is -2.04. The van der Waals surface area contributed by atoms with Crippen molar-refractivity contribution in [3.05, 3.63) is 46.4 Å². The molecule has 0 aromatic carbocycles. The minimum absolute atomic E-state index is 0.0401. The molecule has 0 aliphatic carbocycles. The van der Waals surface area contributed by atoms with Crippen molar-refractivity contribution in [2.75, 3.05) is 5.32 Å². The van der Waals surface area contributed by atoms with Crippen molar-refractivity contribution < 1.29 is 0 Å². The minimum Gasteiger partial charge on any atom is -0.378 e. The highest BCUT2D eigenvalue weighted by molar-refractivity contribution is 5.40. The van der Waals surface area contributed by atoms with Crippen molar-refractivity contribution in [1.82, 2.24) is 14.5 Å². The standard InChI is InChI=1S/C13H18N4O/c1-3-6-17-8-11(4-5-13(17)18)14-7-12-10(2)15-9-16-12/h4-5,8-9,14H,3,6-7H2,1-2H3,(H,15,16). The van der Waals surface area contributed by atoms with Crippen LogP contribution in [0.2, 0.25) is 0 Å². The van der Waals surface area contributed by atoms with Gasteiger partial charge in [-0.3, -0.25) is 4.79 Å². The van der Waals surface area contributed by atoms with Crippen LogP contribution in [0.25, 0.3) is 0 Å². The topological polar surface area (TPSA) is 62.7 Å². The Morgan fingerprint density at radius 2 is 2.28 bits per heavy atom. The number of pyridine rings is 1. The molecule has 0 spiro atoms. The molecular weight excluding hydrogens is 228 g/mol. The molecule has 0 amide bonds. The Balaban J connectivity index is 2.08. The second-order valence-electron chi connectivity index (χ2n) is 4.28. The number of rotatable bonds is 5. The van der Waals surface area contributed by atoms with E-state index in [1.54, 1.807) is 23.0 Å². The molecule has 0 radical (unpaired) electrons. The van der Waals surface area contributed by atoms with E-state index in [-0.39, 0.29) is 5.56 Å². The van der Waals surface area contributed by atoms with Gasteiger partial charge in [0.2, 0.25) is 0 Å². The molecule has 0 fully saturated rings. The van der Waals surface area contributed by atoms with Gasteiger partial charge in [-0.1, -0.05) is 6.92 Å². The number of aromatic nitrogens is 3. The fraction of sp³-hybridized carbons (Fsp3) is 0.385. The van der Waals surface area contributed by atoms with E-state index in [4.69, 9.17) is 0 Å². The third-order valence-electron chi connectivity index (χ3n) is 2.84. The van der Waals surface area contributed by atoms with Crippen molar-refractivity contribution in [3.63, 3.8) is 0 Å². The average Bonchev–Trinajstić information content (AvgIpc) is 2.76. The summed E-state index contributed by atoms with van der Waals surface area (Å²) in [5, 5.41) is 3.27. The van der Waals surface area contributed by atoms with E-state index in [0.29, 0.717) is 6.54 Å². The predicted octanol–water partition coefficient (Wildman–Crippen LogP) is 1.90. The third kappa shape index (κ3) is 2.80. The van der Waals surface area contributed by atoms with E-state index in [0.717, 1.165) is 30.0 Å². The fourth-order valence-electron chi connectivity index (χ4n) is 1.80. The molecule has 0 unspecified atom stereocenters. The lowest BCUT2D eigenvalue weighted by Crippen LogP contribution is -2.18. The summed E-state index contributed by atoms with van der Waals surface area (Å²) < 4.78 is 1.72. The number of imidazole rings is 1. The second kappa shape index (κ2) is 5.53. The van der Waals surface area contributed by atoms with Crippen LogP contribution in [0.4, 0.5) is 5.69 Å². The molecule has 0 bridgehead atoms. The molecule has 0 aliphatic heterocycles. The Morgan fingerprint density at radius 1 is 1.44 bits per heavy atom. The zero-order valence-electron chi connectivity index (χ0n) is 10.7. The SMILES string of the molecule is CCCn1cc(NCc2nc[nH]c2C)ccc1=O. The van der Waals surface area contributed by atoms with Crippen LogP contribution >= 0.6 is 0 Å². The molecule has 96 valence electrons. The average molecular weight is 246 g/mol. The molecule has 5 nitrogen and oxygen atoms in total. The highest BCUT2D eigenvalue weighted by Gasteiger charge is 2.02. The maximum Gasteiger partial charge on any atom is 0.250 e. The van der Waals surface area contributed by atoms with E-state index in [9.17, 15) is 4.79 Å². The number of aryl methyl sites for hydroxylation is 2. The van der Waals surface area contributed by atoms with E-state index < -0.39 is 0 Å². The number of aromatic amines is 1. The molecule has 2 aromatic heterocycles. The van der Waals surface area contributed by atoms with Crippen LogP contribution in [-0.4, -0.2) is 14.5 Å². The van der Waals surface area contributed by atoms with Crippen LogP contribution < -0.4 is 10.9 Å². The number of hydrogen-bond donors (Lipinski definition) is 2. The first-order valence-corrected chi connectivity index (χ1v) is 6.14. The Labute approximate surface area is 106 Å². The van der Waals surface area contributed by atoms with Crippen molar-refractivity contribution >= 4 is 5.69 Å². The summed E-state index contributed by atoms with van der Waals surface area (Å²) in [5.74, 6) is 0. The molecule has 2 N–H and O–H groups in total. The predicted molar refractivity (Wildman–Crippen MR) is 71.6 cm³/mol. The minimum atomic E-state index is 0.0401. The van der Waals surface area contributed by atoms with E-state index in [2.05, 4.69) is 22.2 Å². The van der Waals surface area contributed by atoms with Crippen molar-refractivity contribution in [3.8, 4) is 0 Å². The number of anilines is 1. The lowest BCUT2D eigenvalue weighted by molar-refractivity contribution is 0.655. The zero-order valence-corrected chi connectivity index (χ0v) is 10.7. The summed E-state index contributed by atoms with van der Waals surface area (Å²) in [7, 11) is 0. The molecule has 0 aliphatic rings. The van der Waals surface area contributed by atoms with Gasteiger partial charge in [-0.2, -0.15) is 0 Å². The number of nitrogens with zero attached hydrogens (tertiary/aromatic N) is 2. The molecule has 18 heavy (non-hydrogen) atoms. The van der Waals surface area contributed by atoms with Crippen LogP contribution in [-0.2, 0) is 13.1 Å². The van der Waals surface area contributed by atoms with Crippen molar-refractivity contribution in [2.24, 2.45) is 0 Å². The Morgan fingerprint density at radius 3 is 2.94 bits per heavy atom. The van der Waals surface area contributed by atoms with Gasteiger partial charge in [-0.25, -0.2) is 4.98 Å². The molecule has 2 rings (SSSR count). The van der Waals surface area contributed by atoms with Crippen LogP contribution in [0.3, 0.4) is 0 Å². The molecule has 0 saturated heterocycles. The summed E-state index contributed by atoms with van der Waals surface area (Å²) in [6.45, 7) is 5.44. The first kappa shape index (κ1) is 12.4. The van der Waals surface area contributed by atoms with Crippen LogP contribution in [0.1, 0.15) is 24.7 Å².